The van der Waals surface area contributed by atoms with Crippen molar-refractivity contribution >= 4 is 16.9 Å². The van der Waals surface area contributed by atoms with Crippen LogP contribution in [0.15, 0.2) is 42.5 Å². The lowest BCUT2D eigenvalue weighted by molar-refractivity contribution is 0.102. The van der Waals surface area contributed by atoms with Crippen LogP contribution in [-0.2, 0) is 4.74 Å². The van der Waals surface area contributed by atoms with Crippen LogP contribution >= 0.6 is 0 Å². The van der Waals surface area contributed by atoms with Crippen molar-refractivity contribution < 1.29 is 14.3 Å². The fourth-order valence-electron chi connectivity index (χ4n) is 2.86. The molecule has 4 nitrogen and oxygen atoms in total. The molecule has 0 saturated heterocycles. The molecular formula is C20H21NO3. The standard InChI is InChI=1S/C20H21NO3/c22-20(24-17-10-2-3-11-17)21-14-5-6-15-23-19-13-7-9-16-8-1-4-12-18(16)19/h1,4,7-9,12-13,17H,2-3,10-11,14-15H2,(H,21,22). The zero-order valence-electron chi connectivity index (χ0n) is 13.6. The van der Waals surface area contributed by atoms with Crippen molar-refractivity contribution in [2.45, 2.75) is 31.8 Å². The van der Waals surface area contributed by atoms with Gasteiger partial charge in [-0.3, -0.25) is 0 Å². The summed E-state index contributed by atoms with van der Waals surface area (Å²) in [5.74, 6) is 6.59. The van der Waals surface area contributed by atoms with Gasteiger partial charge < -0.3 is 14.8 Å². The first-order valence-corrected chi connectivity index (χ1v) is 8.34. The Bertz CT molecular complexity index is 749. The zero-order valence-corrected chi connectivity index (χ0v) is 13.6. The number of rotatable bonds is 4. The third kappa shape index (κ3) is 4.42. The van der Waals surface area contributed by atoms with E-state index in [0.717, 1.165) is 42.2 Å². The van der Waals surface area contributed by atoms with E-state index in [2.05, 4.69) is 17.2 Å². The highest BCUT2D eigenvalue weighted by Gasteiger charge is 2.18. The number of carbonyl (C=O) groups excluding carboxylic acids is 1. The summed E-state index contributed by atoms with van der Waals surface area (Å²) in [5, 5.41) is 4.86. The van der Waals surface area contributed by atoms with Gasteiger partial charge in [-0.15, -0.1) is 0 Å². The quantitative estimate of drug-likeness (QED) is 0.868. The average molecular weight is 323 g/mol. The number of ether oxygens (including phenoxy) is 2. The lowest BCUT2D eigenvalue weighted by Gasteiger charge is -2.10. The average Bonchev–Trinajstić information content (AvgIpc) is 3.11. The molecule has 1 aliphatic carbocycles. The van der Waals surface area contributed by atoms with Crippen LogP contribution in [0.5, 0.6) is 5.75 Å². The summed E-state index contributed by atoms with van der Waals surface area (Å²) in [4.78, 5) is 11.6. The van der Waals surface area contributed by atoms with Gasteiger partial charge >= 0.3 is 6.09 Å². The van der Waals surface area contributed by atoms with Crippen LogP contribution in [-0.4, -0.2) is 25.3 Å². The molecule has 2 aromatic rings. The molecule has 1 saturated carbocycles. The van der Waals surface area contributed by atoms with Crippen molar-refractivity contribution in [1.82, 2.24) is 5.32 Å². The smallest absolute Gasteiger partial charge is 0.408 e. The molecule has 4 heteroatoms. The van der Waals surface area contributed by atoms with Crippen LogP contribution < -0.4 is 10.1 Å². The van der Waals surface area contributed by atoms with Gasteiger partial charge in [0.2, 0.25) is 0 Å². The molecular weight excluding hydrogens is 302 g/mol. The van der Waals surface area contributed by atoms with Crippen molar-refractivity contribution in [3.05, 3.63) is 42.5 Å². The number of benzene rings is 2. The van der Waals surface area contributed by atoms with E-state index < -0.39 is 0 Å². The summed E-state index contributed by atoms with van der Waals surface area (Å²) in [6.07, 6.45) is 3.92. The van der Waals surface area contributed by atoms with Gasteiger partial charge in [-0.2, -0.15) is 0 Å². The maximum absolute atomic E-state index is 11.6. The Balaban J connectivity index is 1.42. The first-order valence-electron chi connectivity index (χ1n) is 8.34. The molecule has 3 rings (SSSR count). The highest BCUT2D eigenvalue weighted by atomic mass is 16.6. The maximum Gasteiger partial charge on any atom is 0.408 e. The summed E-state index contributed by atoms with van der Waals surface area (Å²) in [6, 6.07) is 14.0. The topological polar surface area (TPSA) is 47.6 Å². The van der Waals surface area contributed by atoms with Crippen LogP contribution in [0.3, 0.4) is 0 Å². The number of nitrogens with one attached hydrogen (secondary N) is 1. The molecule has 1 aliphatic rings. The number of carbonyl (C=O) groups is 1. The molecule has 0 bridgehead atoms. The maximum atomic E-state index is 11.6. The number of hydrogen-bond donors (Lipinski definition) is 1. The number of alkyl carbamates (subject to hydrolysis) is 1. The Kier molecular flexibility index (Phi) is 5.57. The fraction of sp³-hybridized carbons (Fsp3) is 0.350. The number of amides is 1. The van der Waals surface area contributed by atoms with Gasteiger partial charge in [0.05, 0.1) is 6.54 Å². The second kappa shape index (κ2) is 8.26. The predicted molar refractivity (Wildman–Crippen MR) is 94.0 cm³/mol. The van der Waals surface area contributed by atoms with E-state index in [1.165, 1.54) is 0 Å². The van der Waals surface area contributed by atoms with Crippen molar-refractivity contribution in [2.24, 2.45) is 0 Å². The Labute approximate surface area is 142 Å². The zero-order chi connectivity index (χ0) is 16.6. The number of hydrogen-bond acceptors (Lipinski definition) is 3. The molecule has 2 aromatic carbocycles. The lowest BCUT2D eigenvalue weighted by atomic mass is 10.1. The summed E-state index contributed by atoms with van der Waals surface area (Å²) in [6.45, 7) is 0.553. The van der Waals surface area contributed by atoms with Crippen LogP contribution in [0.4, 0.5) is 4.79 Å². The van der Waals surface area contributed by atoms with Gasteiger partial charge in [0.25, 0.3) is 0 Å². The van der Waals surface area contributed by atoms with Crippen LogP contribution in [0.1, 0.15) is 25.7 Å². The SMILES string of the molecule is O=C(NCC#CCOc1cccc2ccccc12)OC1CCCC1. The van der Waals surface area contributed by atoms with Gasteiger partial charge in [-0.05, 0) is 37.1 Å². The summed E-state index contributed by atoms with van der Waals surface area (Å²) < 4.78 is 11.0. The molecule has 24 heavy (non-hydrogen) atoms. The van der Waals surface area contributed by atoms with E-state index in [9.17, 15) is 4.79 Å². The Hall–Kier alpha value is -2.67. The third-order valence-corrected chi connectivity index (χ3v) is 4.07. The first kappa shape index (κ1) is 16.2. The molecule has 1 amide bonds. The van der Waals surface area contributed by atoms with Crippen molar-refractivity contribution in [2.75, 3.05) is 13.2 Å². The van der Waals surface area contributed by atoms with Crippen molar-refractivity contribution in [3.8, 4) is 17.6 Å². The van der Waals surface area contributed by atoms with Crippen LogP contribution in [0, 0.1) is 11.8 Å². The Morgan fingerprint density at radius 3 is 2.75 bits per heavy atom. The second-order valence-corrected chi connectivity index (χ2v) is 5.78. The minimum atomic E-state index is -0.383. The Morgan fingerprint density at radius 1 is 1.08 bits per heavy atom. The highest BCUT2D eigenvalue weighted by Crippen LogP contribution is 2.24. The van der Waals surface area contributed by atoms with Gasteiger partial charge in [-0.25, -0.2) is 4.79 Å². The summed E-state index contributed by atoms with van der Waals surface area (Å²) in [5.41, 5.74) is 0. The molecule has 124 valence electrons. The van der Waals surface area contributed by atoms with Gasteiger partial charge in [0.15, 0.2) is 0 Å². The molecule has 0 radical (unpaired) electrons. The predicted octanol–water partition coefficient (Wildman–Crippen LogP) is 3.89. The molecule has 0 aliphatic heterocycles. The van der Waals surface area contributed by atoms with Gasteiger partial charge in [-0.1, -0.05) is 48.2 Å². The highest BCUT2D eigenvalue weighted by molar-refractivity contribution is 5.88. The van der Waals surface area contributed by atoms with Crippen molar-refractivity contribution in [3.63, 3.8) is 0 Å². The van der Waals surface area contributed by atoms with E-state index in [0.29, 0.717) is 0 Å². The normalized spacial score (nSPS) is 14.0. The lowest BCUT2D eigenvalue weighted by Crippen LogP contribution is -2.28. The molecule has 0 unspecified atom stereocenters. The van der Waals surface area contributed by atoms with Crippen molar-refractivity contribution in [1.29, 1.82) is 0 Å². The molecule has 0 heterocycles. The van der Waals surface area contributed by atoms with E-state index in [-0.39, 0.29) is 25.3 Å². The van der Waals surface area contributed by atoms with Crippen LogP contribution in [0.25, 0.3) is 10.8 Å². The first-order chi connectivity index (χ1) is 11.8. The van der Waals surface area contributed by atoms with Crippen LogP contribution in [0.2, 0.25) is 0 Å². The molecule has 0 atom stereocenters. The molecule has 1 fully saturated rings. The van der Waals surface area contributed by atoms with E-state index in [1.807, 2.05) is 42.5 Å². The number of fused-ring (bicyclic) bond motifs is 1. The Morgan fingerprint density at radius 2 is 1.88 bits per heavy atom. The van der Waals surface area contributed by atoms with E-state index in [4.69, 9.17) is 9.47 Å². The second-order valence-electron chi connectivity index (χ2n) is 5.78. The van der Waals surface area contributed by atoms with E-state index >= 15 is 0 Å². The minimum absolute atomic E-state index is 0.0765. The molecule has 0 spiro atoms. The monoisotopic (exact) mass is 323 g/mol. The fourth-order valence-corrected chi connectivity index (χ4v) is 2.86. The van der Waals surface area contributed by atoms with Gasteiger partial charge in [0.1, 0.15) is 18.5 Å². The largest absolute Gasteiger partial charge is 0.480 e. The minimum Gasteiger partial charge on any atom is -0.480 e. The summed E-state index contributed by atoms with van der Waals surface area (Å²) in [7, 11) is 0. The third-order valence-electron chi connectivity index (χ3n) is 4.07. The van der Waals surface area contributed by atoms with E-state index in [1.54, 1.807) is 0 Å². The molecule has 0 aromatic heterocycles. The van der Waals surface area contributed by atoms with Gasteiger partial charge in [0, 0.05) is 5.39 Å². The molecule has 1 N–H and O–H groups in total. The summed E-state index contributed by atoms with van der Waals surface area (Å²) >= 11 is 0.